The molecule has 0 fully saturated rings. The highest BCUT2D eigenvalue weighted by atomic mass is 32.9. The molecule has 16 heavy (non-hydrogen) atoms. The SMILES string of the molecule is Fc1cc(O[P+](=S)SCC[SiH3])cc(F)c1F. The minimum Gasteiger partial charge on any atom is -0.265 e. The predicted molar refractivity (Wildman–Crippen MR) is 68.4 cm³/mol. The van der Waals surface area contributed by atoms with Crippen molar-refractivity contribution in [1.82, 2.24) is 0 Å². The molecule has 1 aromatic carbocycles. The smallest absolute Gasteiger partial charge is 0.265 e. The fraction of sp³-hybridized carbons (Fsp3) is 0.250. The first-order valence-electron chi connectivity index (χ1n) is 4.47. The van der Waals surface area contributed by atoms with Crippen LogP contribution in [0.15, 0.2) is 12.1 Å². The zero-order valence-electron chi connectivity index (χ0n) is 8.37. The predicted octanol–water partition coefficient (Wildman–Crippen LogP) is 2.77. The molecule has 88 valence electrons. The molecule has 0 aliphatic carbocycles. The average Bonchev–Trinajstić information content (AvgIpc) is 2.23. The molecule has 0 aliphatic heterocycles. The fourth-order valence-electron chi connectivity index (χ4n) is 0.863. The van der Waals surface area contributed by atoms with E-state index in [2.05, 4.69) is 0 Å². The molecule has 0 N–H and O–H groups in total. The van der Waals surface area contributed by atoms with E-state index in [4.69, 9.17) is 16.3 Å². The van der Waals surface area contributed by atoms with Gasteiger partial charge in [0.2, 0.25) is 11.8 Å². The van der Waals surface area contributed by atoms with Crippen LogP contribution in [0.5, 0.6) is 5.75 Å². The van der Waals surface area contributed by atoms with E-state index in [0.717, 1.165) is 34.2 Å². The Kier molecular flexibility index (Phi) is 5.75. The van der Waals surface area contributed by atoms with Gasteiger partial charge in [0.15, 0.2) is 23.2 Å². The number of benzene rings is 1. The molecular formula is C8H9F3OPS2Si+. The summed E-state index contributed by atoms with van der Waals surface area (Å²) in [5, 5.41) is 0. The maximum absolute atomic E-state index is 12.8. The Morgan fingerprint density at radius 3 is 2.38 bits per heavy atom. The maximum atomic E-state index is 12.8. The molecule has 8 heteroatoms. The van der Waals surface area contributed by atoms with Crippen molar-refractivity contribution in [2.75, 3.05) is 5.75 Å². The second kappa shape index (κ2) is 6.59. The number of halogens is 3. The summed E-state index contributed by atoms with van der Waals surface area (Å²) in [6.45, 7) is 0. The lowest BCUT2D eigenvalue weighted by molar-refractivity contribution is 0.440. The first-order valence-corrected chi connectivity index (χ1v) is 9.75. The highest BCUT2D eigenvalue weighted by Gasteiger charge is 2.19. The van der Waals surface area contributed by atoms with Crippen LogP contribution in [0.4, 0.5) is 13.2 Å². The van der Waals surface area contributed by atoms with Gasteiger partial charge in [0.25, 0.3) is 0 Å². The van der Waals surface area contributed by atoms with Crippen LogP contribution in [-0.2, 0) is 11.8 Å². The van der Waals surface area contributed by atoms with Crippen LogP contribution < -0.4 is 4.52 Å². The van der Waals surface area contributed by atoms with Crippen LogP contribution in [0.2, 0.25) is 6.04 Å². The van der Waals surface area contributed by atoms with Crippen molar-refractivity contribution in [3.8, 4) is 5.75 Å². The third-order valence-corrected chi connectivity index (χ3v) is 6.50. The molecule has 1 aromatic rings. The maximum Gasteiger partial charge on any atom is 0.463 e. The highest BCUT2D eigenvalue weighted by molar-refractivity contribution is 8.62. The first kappa shape index (κ1) is 14.0. The van der Waals surface area contributed by atoms with Gasteiger partial charge < -0.3 is 0 Å². The number of rotatable bonds is 5. The van der Waals surface area contributed by atoms with Gasteiger partial charge in [-0.3, -0.25) is 4.52 Å². The second-order valence-electron chi connectivity index (χ2n) is 2.85. The van der Waals surface area contributed by atoms with Gasteiger partial charge in [0.05, 0.1) is 0 Å². The van der Waals surface area contributed by atoms with Gasteiger partial charge in [-0.15, -0.1) is 0 Å². The number of hydrogen-bond acceptors (Lipinski definition) is 3. The summed E-state index contributed by atoms with van der Waals surface area (Å²) in [6.07, 6.45) is -1.23. The molecule has 0 radical (unpaired) electrons. The topological polar surface area (TPSA) is 9.23 Å². The van der Waals surface area contributed by atoms with E-state index in [-0.39, 0.29) is 5.75 Å². The summed E-state index contributed by atoms with van der Waals surface area (Å²) in [4.78, 5) is 0. The standard InChI is InChI=1S/C8H9F3OPS2Si/c9-6-3-5(4-7(10)8(6)11)12-13(14)15-1-2-16/h3-4H,1-2H2,16H3/q+1. The minimum atomic E-state index is -1.49. The summed E-state index contributed by atoms with van der Waals surface area (Å²) in [5.41, 5.74) is 0. The Labute approximate surface area is 104 Å². The van der Waals surface area contributed by atoms with Gasteiger partial charge >= 0.3 is 6.13 Å². The van der Waals surface area contributed by atoms with Crippen LogP contribution in [0.25, 0.3) is 0 Å². The van der Waals surface area contributed by atoms with Crippen molar-refractivity contribution in [3.05, 3.63) is 29.6 Å². The van der Waals surface area contributed by atoms with Crippen LogP contribution in [0.3, 0.4) is 0 Å². The third-order valence-electron chi connectivity index (χ3n) is 1.54. The van der Waals surface area contributed by atoms with E-state index >= 15 is 0 Å². The Balaban J connectivity index is 2.71. The minimum absolute atomic E-state index is 0.0571. The summed E-state index contributed by atoms with van der Waals surface area (Å²) in [5.74, 6) is -3.19. The summed E-state index contributed by atoms with van der Waals surface area (Å²) in [7, 11) is 1.08. The van der Waals surface area contributed by atoms with Crippen molar-refractivity contribution in [3.63, 3.8) is 0 Å². The molecule has 0 heterocycles. The van der Waals surface area contributed by atoms with E-state index < -0.39 is 23.6 Å². The lowest BCUT2D eigenvalue weighted by Crippen LogP contribution is -1.91. The number of hydrogen-bond donors (Lipinski definition) is 0. The highest BCUT2D eigenvalue weighted by Crippen LogP contribution is 2.40. The molecule has 0 saturated heterocycles. The van der Waals surface area contributed by atoms with Gasteiger partial charge in [-0.05, 0) is 0 Å². The van der Waals surface area contributed by atoms with Crippen LogP contribution in [0, 0.1) is 17.5 Å². The molecular weight excluding hydrogens is 292 g/mol. The third kappa shape index (κ3) is 4.05. The average molecular weight is 301 g/mol. The van der Waals surface area contributed by atoms with Gasteiger partial charge in [0, 0.05) is 28.1 Å². The van der Waals surface area contributed by atoms with E-state index in [1.165, 1.54) is 11.4 Å². The monoisotopic (exact) mass is 301 g/mol. The Morgan fingerprint density at radius 1 is 1.31 bits per heavy atom. The van der Waals surface area contributed by atoms with E-state index in [0.29, 0.717) is 0 Å². The lowest BCUT2D eigenvalue weighted by atomic mass is 10.3. The van der Waals surface area contributed by atoms with Crippen molar-refractivity contribution < 1.29 is 17.7 Å². The Bertz CT molecular complexity index is 382. The van der Waals surface area contributed by atoms with E-state index in [1.54, 1.807) is 0 Å². The Morgan fingerprint density at radius 2 is 1.88 bits per heavy atom. The zero-order valence-corrected chi connectivity index (χ0v) is 12.9. The molecule has 1 unspecified atom stereocenters. The molecule has 0 saturated carbocycles. The molecule has 1 nitrogen and oxygen atoms in total. The van der Waals surface area contributed by atoms with Crippen molar-refractivity contribution >= 4 is 39.6 Å². The van der Waals surface area contributed by atoms with Crippen molar-refractivity contribution in [2.24, 2.45) is 0 Å². The molecule has 0 spiro atoms. The summed E-state index contributed by atoms with van der Waals surface area (Å²) < 4.78 is 43.4. The van der Waals surface area contributed by atoms with Crippen molar-refractivity contribution in [1.29, 1.82) is 0 Å². The Hall–Kier alpha value is -0.103. The zero-order chi connectivity index (χ0) is 12.1. The van der Waals surface area contributed by atoms with Gasteiger partial charge in [-0.1, -0.05) is 6.04 Å². The summed E-state index contributed by atoms with van der Waals surface area (Å²) in [6, 6.07) is 2.69. The van der Waals surface area contributed by atoms with E-state index in [1.807, 2.05) is 0 Å². The molecule has 0 amide bonds. The van der Waals surface area contributed by atoms with E-state index in [9.17, 15) is 13.2 Å². The molecule has 1 rings (SSSR count). The quantitative estimate of drug-likeness (QED) is 0.470. The van der Waals surface area contributed by atoms with Crippen molar-refractivity contribution in [2.45, 2.75) is 6.04 Å². The second-order valence-corrected chi connectivity index (χ2v) is 8.60. The summed E-state index contributed by atoms with van der Waals surface area (Å²) >= 11 is 6.43. The molecule has 0 aliphatic rings. The van der Waals surface area contributed by atoms with Crippen LogP contribution in [0.1, 0.15) is 0 Å². The fourth-order valence-corrected chi connectivity index (χ4v) is 5.51. The molecule has 1 atom stereocenters. The molecule has 0 bridgehead atoms. The van der Waals surface area contributed by atoms with Gasteiger partial charge in [-0.2, -0.15) is 0 Å². The van der Waals surface area contributed by atoms with Crippen LogP contribution >= 0.6 is 17.5 Å². The van der Waals surface area contributed by atoms with Gasteiger partial charge in [0.1, 0.15) is 11.4 Å². The lowest BCUT2D eigenvalue weighted by Gasteiger charge is -1.98. The molecule has 0 aromatic heterocycles. The van der Waals surface area contributed by atoms with Crippen LogP contribution in [-0.4, -0.2) is 16.0 Å². The largest absolute Gasteiger partial charge is 0.463 e. The first-order chi connectivity index (χ1) is 7.54. The van der Waals surface area contributed by atoms with Gasteiger partial charge in [-0.25, -0.2) is 13.2 Å². The normalized spacial score (nSPS) is 11.6.